The molecule has 16 heavy (non-hydrogen) atoms. The van der Waals surface area contributed by atoms with Gasteiger partial charge in [0.2, 0.25) is 5.91 Å². The van der Waals surface area contributed by atoms with Crippen molar-refractivity contribution in [3.8, 4) is 0 Å². The van der Waals surface area contributed by atoms with Crippen LogP contribution in [0.25, 0.3) is 0 Å². The Morgan fingerprint density at radius 1 is 1.50 bits per heavy atom. The average Bonchev–Trinajstić information content (AvgIpc) is 2.73. The summed E-state index contributed by atoms with van der Waals surface area (Å²) in [5.74, 6) is 0.735. The van der Waals surface area contributed by atoms with E-state index in [2.05, 4.69) is 4.98 Å². The van der Waals surface area contributed by atoms with Gasteiger partial charge in [0.15, 0.2) is 5.13 Å². The zero-order valence-electron chi connectivity index (χ0n) is 9.02. The highest BCUT2D eigenvalue weighted by Gasteiger charge is 2.16. The summed E-state index contributed by atoms with van der Waals surface area (Å²) in [4.78, 5) is 17.8. The number of nitrogens with two attached hydrogens (primary N) is 1. The number of thiazole rings is 1. The van der Waals surface area contributed by atoms with E-state index in [9.17, 15) is 4.79 Å². The van der Waals surface area contributed by atoms with Gasteiger partial charge in [0.1, 0.15) is 0 Å². The van der Waals surface area contributed by atoms with Crippen molar-refractivity contribution < 1.29 is 4.79 Å². The van der Waals surface area contributed by atoms with E-state index in [0.717, 1.165) is 30.1 Å². The zero-order valence-corrected chi connectivity index (χ0v) is 10.6. The largest absolute Gasteiger partial charge is 0.375 e. The summed E-state index contributed by atoms with van der Waals surface area (Å²) in [5, 5.41) is 0.563. The number of carbonyl (C=O) groups excluding carboxylic acids is 1. The van der Waals surface area contributed by atoms with E-state index >= 15 is 0 Å². The second-order valence-corrected chi connectivity index (χ2v) is 6.09. The van der Waals surface area contributed by atoms with Crippen molar-refractivity contribution in [3.05, 3.63) is 6.20 Å². The Labute approximate surface area is 103 Å². The van der Waals surface area contributed by atoms with Crippen LogP contribution in [0.3, 0.4) is 0 Å². The van der Waals surface area contributed by atoms with Crippen LogP contribution < -0.4 is 5.73 Å². The standard InChI is InChI=1S/C10H15N3OS2/c11-10-12-6-9(16-10)15-7-8(14)13-4-2-1-3-5-13/h6H,1-5,7H2,(H2,11,12). The molecule has 0 bridgehead atoms. The normalized spacial score (nSPS) is 16.4. The molecule has 6 heteroatoms. The molecule has 1 saturated heterocycles. The first-order chi connectivity index (χ1) is 7.75. The maximum absolute atomic E-state index is 11.8. The maximum Gasteiger partial charge on any atom is 0.232 e. The van der Waals surface area contributed by atoms with Crippen LogP contribution in [0.1, 0.15) is 19.3 Å². The van der Waals surface area contributed by atoms with Gasteiger partial charge < -0.3 is 10.6 Å². The molecule has 1 aliphatic rings. The van der Waals surface area contributed by atoms with Gasteiger partial charge in [0, 0.05) is 13.1 Å². The number of carbonyl (C=O) groups is 1. The molecule has 1 fully saturated rings. The summed E-state index contributed by atoms with van der Waals surface area (Å²) in [7, 11) is 0. The molecule has 1 amide bonds. The van der Waals surface area contributed by atoms with E-state index in [4.69, 9.17) is 5.73 Å². The minimum Gasteiger partial charge on any atom is -0.375 e. The van der Waals surface area contributed by atoms with Gasteiger partial charge in [-0.15, -0.1) is 11.8 Å². The lowest BCUT2D eigenvalue weighted by Crippen LogP contribution is -2.36. The van der Waals surface area contributed by atoms with Crippen LogP contribution in [0, 0.1) is 0 Å². The molecule has 0 spiro atoms. The van der Waals surface area contributed by atoms with E-state index in [1.165, 1.54) is 29.5 Å². The topological polar surface area (TPSA) is 59.2 Å². The molecule has 88 valence electrons. The van der Waals surface area contributed by atoms with Gasteiger partial charge in [0.05, 0.1) is 16.2 Å². The number of piperidine rings is 1. The number of aromatic nitrogens is 1. The van der Waals surface area contributed by atoms with Gasteiger partial charge in [-0.25, -0.2) is 4.98 Å². The Hall–Kier alpha value is -0.750. The minimum absolute atomic E-state index is 0.233. The van der Waals surface area contributed by atoms with Gasteiger partial charge in [0.25, 0.3) is 0 Å². The SMILES string of the molecule is Nc1ncc(SCC(=O)N2CCCCC2)s1. The minimum atomic E-state index is 0.233. The fourth-order valence-electron chi connectivity index (χ4n) is 1.71. The molecule has 1 aromatic heterocycles. The van der Waals surface area contributed by atoms with E-state index < -0.39 is 0 Å². The van der Waals surface area contributed by atoms with Crippen LogP contribution in [-0.2, 0) is 4.79 Å². The number of likely N-dealkylation sites (tertiary alicyclic amines) is 1. The highest BCUT2D eigenvalue weighted by molar-refractivity contribution is 8.01. The Morgan fingerprint density at radius 3 is 2.88 bits per heavy atom. The molecule has 2 N–H and O–H groups in total. The number of rotatable bonds is 3. The predicted molar refractivity (Wildman–Crippen MR) is 67.7 cm³/mol. The molecule has 4 nitrogen and oxygen atoms in total. The van der Waals surface area contributed by atoms with E-state index in [0.29, 0.717) is 10.9 Å². The lowest BCUT2D eigenvalue weighted by molar-refractivity contribution is -0.129. The smallest absolute Gasteiger partial charge is 0.232 e. The molecule has 0 unspecified atom stereocenters. The first-order valence-electron chi connectivity index (χ1n) is 5.37. The number of anilines is 1. The fraction of sp³-hybridized carbons (Fsp3) is 0.600. The Bertz CT molecular complexity index is 361. The Balaban J connectivity index is 1.78. The third kappa shape index (κ3) is 3.12. The molecule has 2 rings (SSSR count). The van der Waals surface area contributed by atoms with Crippen molar-refractivity contribution in [1.29, 1.82) is 0 Å². The molecular weight excluding hydrogens is 242 g/mol. The summed E-state index contributed by atoms with van der Waals surface area (Å²) < 4.78 is 1.02. The maximum atomic E-state index is 11.8. The third-order valence-corrected chi connectivity index (χ3v) is 4.55. The van der Waals surface area contributed by atoms with Crippen molar-refractivity contribution >= 4 is 34.1 Å². The third-order valence-electron chi connectivity index (χ3n) is 2.55. The second-order valence-electron chi connectivity index (χ2n) is 3.75. The van der Waals surface area contributed by atoms with Crippen LogP contribution in [0.15, 0.2) is 10.4 Å². The molecule has 1 aromatic rings. The van der Waals surface area contributed by atoms with Gasteiger partial charge in [-0.1, -0.05) is 11.3 Å². The van der Waals surface area contributed by atoms with Crippen LogP contribution in [0.2, 0.25) is 0 Å². The van der Waals surface area contributed by atoms with E-state index in [1.807, 2.05) is 4.90 Å². The van der Waals surface area contributed by atoms with Gasteiger partial charge in [-0.3, -0.25) is 4.79 Å². The molecule has 2 heterocycles. The van der Waals surface area contributed by atoms with Crippen molar-refractivity contribution in [1.82, 2.24) is 9.88 Å². The van der Waals surface area contributed by atoms with Gasteiger partial charge in [-0.2, -0.15) is 0 Å². The predicted octanol–water partition coefficient (Wildman–Crippen LogP) is 1.83. The molecular formula is C10H15N3OS2. The number of hydrogen-bond acceptors (Lipinski definition) is 5. The van der Waals surface area contributed by atoms with E-state index in [-0.39, 0.29) is 5.91 Å². The summed E-state index contributed by atoms with van der Waals surface area (Å²) in [6.45, 7) is 1.84. The zero-order chi connectivity index (χ0) is 11.4. The Morgan fingerprint density at radius 2 is 2.25 bits per heavy atom. The number of nitrogens with zero attached hydrogens (tertiary/aromatic N) is 2. The number of amides is 1. The van der Waals surface area contributed by atoms with Crippen molar-refractivity contribution in [2.45, 2.75) is 23.5 Å². The summed E-state index contributed by atoms with van der Waals surface area (Å²) in [5.41, 5.74) is 5.53. The lowest BCUT2D eigenvalue weighted by Gasteiger charge is -2.26. The Kier molecular flexibility index (Phi) is 4.06. The monoisotopic (exact) mass is 257 g/mol. The first-order valence-corrected chi connectivity index (χ1v) is 7.18. The average molecular weight is 257 g/mol. The molecule has 1 aliphatic heterocycles. The lowest BCUT2D eigenvalue weighted by atomic mass is 10.1. The van der Waals surface area contributed by atoms with Crippen LogP contribution >= 0.6 is 23.1 Å². The van der Waals surface area contributed by atoms with Crippen molar-refractivity contribution in [2.75, 3.05) is 24.6 Å². The molecule has 0 aromatic carbocycles. The van der Waals surface area contributed by atoms with Gasteiger partial charge >= 0.3 is 0 Å². The molecule has 0 radical (unpaired) electrons. The molecule has 0 aliphatic carbocycles. The van der Waals surface area contributed by atoms with Gasteiger partial charge in [-0.05, 0) is 19.3 Å². The van der Waals surface area contributed by atoms with Crippen molar-refractivity contribution in [2.24, 2.45) is 0 Å². The molecule has 0 atom stereocenters. The summed E-state index contributed by atoms with van der Waals surface area (Å²) >= 11 is 2.96. The van der Waals surface area contributed by atoms with Crippen LogP contribution in [0.5, 0.6) is 0 Å². The van der Waals surface area contributed by atoms with Crippen LogP contribution in [0.4, 0.5) is 5.13 Å². The van der Waals surface area contributed by atoms with Crippen molar-refractivity contribution in [3.63, 3.8) is 0 Å². The summed E-state index contributed by atoms with van der Waals surface area (Å²) in [6.07, 6.45) is 5.27. The van der Waals surface area contributed by atoms with Crippen LogP contribution in [-0.4, -0.2) is 34.6 Å². The molecule has 0 saturated carbocycles. The summed E-state index contributed by atoms with van der Waals surface area (Å²) in [6, 6.07) is 0. The second kappa shape index (κ2) is 5.54. The highest BCUT2D eigenvalue weighted by Crippen LogP contribution is 2.26. The number of hydrogen-bond donors (Lipinski definition) is 1. The van der Waals surface area contributed by atoms with E-state index in [1.54, 1.807) is 6.20 Å². The first kappa shape index (κ1) is 11.7. The quantitative estimate of drug-likeness (QED) is 0.839. The fourth-order valence-corrected chi connectivity index (χ4v) is 3.37. The number of thioether (sulfide) groups is 1. The number of nitrogen functional groups attached to an aromatic ring is 1. The highest BCUT2D eigenvalue weighted by atomic mass is 32.2.